The van der Waals surface area contributed by atoms with Gasteiger partial charge in [-0.25, -0.2) is 14.4 Å². The summed E-state index contributed by atoms with van der Waals surface area (Å²) in [6.07, 6.45) is 4.67. The molecule has 0 saturated heterocycles. The molecule has 0 amide bonds. The fourth-order valence-electron chi connectivity index (χ4n) is 1.96. The lowest BCUT2D eigenvalue weighted by Crippen LogP contribution is -2.04. The Kier molecular flexibility index (Phi) is 3.86. The molecule has 3 rings (SSSR count). The number of rotatable bonds is 4. The summed E-state index contributed by atoms with van der Waals surface area (Å²) < 4.78 is 13.0. The third-order valence-corrected chi connectivity index (χ3v) is 3.02. The summed E-state index contributed by atoms with van der Waals surface area (Å²) in [5.41, 5.74) is 1.25. The number of nitrogens with zero attached hydrogens (tertiary/aromatic N) is 4. The van der Waals surface area contributed by atoms with Crippen molar-refractivity contribution >= 4 is 5.82 Å². The molecule has 0 unspecified atom stereocenters. The Bertz CT molecular complexity index is 782. The fourth-order valence-corrected chi connectivity index (χ4v) is 1.96. The van der Waals surface area contributed by atoms with Crippen LogP contribution in [0.4, 0.5) is 10.2 Å². The fraction of sp³-hybridized carbons (Fsp3) is 0.0667. The van der Waals surface area contributed by atoms with Gasteiger partial charge in [0.1, 0.15) is 17.4 Å². The minimum absolute atomic E-state index is 0.109. The summed E-state index contributed by atoms with van der Waals surface area (Å²) in [6.45, 7) is 0.288. The van der Waals surface area contributed by atoms with Gasteiger partial charge in [0.05, 0.1) is 11.8 Å². The molecule has 22 heavy (non-hydrogen) atoms. The zero-order chi connectivity index (χ0) is 15.4. The van der Waals surface area contributed by atoms with E-state index in [1.807, 2.05) is 6.07 Å². The second-order valence-corrected chi connectivity index (χ2v) is 4.49. The van der Waals surface area contributed by atoms with Gasteiger partial charge in [-0.15, -0.1) is 5.10 Å². The topological polar surface area (TPSA) is 83.8 Å². The van der Waals surface area contributed by atoms with Crippen LogP contribution in [0.5, 0.6) is 5.75 Å². The van der Waals surface area contributed by atoms with E-state index in [2.05, 4.69) is 25.5 Å². The van der Waals surface area contributed by atoms with Crippen LogP contribution in [0.25, 0.3) is 11.4 Å². The average Bonchev–Trinajstić information content (AvgIpc) is 2.55. The van der Waals surface area contributed by atoms with Crippen LogP contribution in [0, 0.1) is 5.82 Å². The summed E-state index contributed by atoms with van der Waals surface area (Å²) in [5.74, 6) is 0.409. The molecule has 7 heteroatoms. The van der Waals surface area contributed by atoms with Gasteiger partial charge in [0, 0.05) is 30.6 Å². The van der Waals surface area contributed by atoms with Crippen LogP contribution in [-0.4, -0.2) is 25.3 Å². The summed E-state index contributed by atoms with van der Waals surface area (Å²) in [6, 6.07) is 7.46. The lowest BCUT2D eigenvalue weighted by Gasteiger charge is -2.10. The van der Waals surface area contributed by atoms with Gasteiger partial charge < -0.3 is 10.4 Å². The average molecular weight is 297 g/mol. The third kappa shape index (κ3) is 2.98. The van der Waals surface area contributed by atoms with Crippen molar-refractivity contribution in [1.82, 2.24) is 20.2 Å². The van der Waals surface area contributed by atoms with Gasteiger partial charge in [-0.1, -0.05) is 6.07 Å². The number of halogens is 1. The maximum Gasteiger partial charge on any atom is 0.185 e. The molecule has 2 aromatic heterocycles. The monoisotopic (exact) mass is 297 g/mol. The first-order chi connectivity index (χ1) is 10.7. The number of nitrogens with one attached hydrogen (secondary N) is 1. The number of aromatic hydroxyl groups is 1. The predicted octanol–water partition coefficient (Wildman–Crippen LogP) is 2.39. The van der Waals surface area contributed by atoms with E-state index in [-0.39, 0.29) is 12.3 Å². The van der Waals surface area contributed by atoms with Crippen molar-refractivity contribution in [3.05, 3.63) is 60.3 Å². The number of aromatic nitrogens is 4. The van der Waals surface area contributed by atoms with E-state index in [0.29, 0.717) is 22.8 Å². The lowest BCUT2D eigenvalue weighted by atomic mass is 10.2. The zero-order valence-electron chi connectivity index (χ0n) is 11.4. The van der Waals surface area contributed by atoms with Crippen molar-refractivity contribution in [2.24, 2.45) is 0 Å². The highest BCUT2D eigenvalue weighted by Crippen LogP contribution is 2.24. The number of phenolic OH excluding ortho intramolecular Hbond substituents is 1. The molecule has 0 radical (unpaired) electrons. The van der Waals surface area contributed by atoms with Crippen LogP contribution < -0.4 is 5.32 Å². The van der Waals surface area contributed by atoms with Crippen LogP contribution in [0.2, 0.25) is 0 Å². The van der Waals surface area contributed by atoms with Crippen molar-refractivity contribution in [2.75, 3.05) is 5.32 Å². The van der Waals surface area contributed by atoms with E-state index in [0.717, 1.165) is 6.07 Å². The second-order valence-electron chi connectivity index (χ2n) is 4.49. The van der Waals surface area contributed by atoms with Gasteiger partial charge in [0.15, 0.2) is 5.82 Å². The van der Waals surface area contributed by atoms with E-state index < -0.39 is 5.82 Å². The van der Waals surface area contributed by atoms with Crippen LogP contribution in [0.3, 0.4) is 0 Å². The first kappa shape index (κ1) is 13.9. The summed E-state index contributed by atoms with van der Waals surface area (Å²) in [5, 5.41) is 20.6. The SMILES string of the molecule is Oc1cc(F)ccc1CNc1ncccc1-c1nccnn1. The molecule has 3 aromatic rings. The minimum Gasteiger partial charge on any atom is -0.507 e. The Hall–Kier alpha value is -3.09. The zero-order valence-corrected chi connectivity index (χ0v) is 11.4. The summed E-state index contributed by atoms with van der Waals surface area (Å²) >= 11 is 0. The van der Waals surface area contributed by atoms with Crippen molar-refractivity contribution in [2.45, 2.75) is 6.54 Å². The van der Waals surface area contributed by atoms with E-state index in [4.69, 9.17) is 0 Å². The van der Waals surface area contributed by atoms with Gasteiger partial charge in [0.25, 0.3) is 0 Å². The number of hydrogen-bond donors (Lipinski definition) is 2. The maximum absolute atomic E-state index is 13.0. The summed E-state index contributed by atoms with van der Waals surface area (Å²) in [4.78, 5) is 8.38. The molecule has 0 aliphatic carbocycles. The lowest BCUT2D eigenvalue weighted by molar-refractivity contribution is 0.463. The number of pyridine rings is 1. The van der Waals surface area contributed by atoms with Gasteiger partial charge in [-0.3, -0.25) is 0 Å². The molecule has 2 N–H and O–H groups in total. The highest BCUT2D eigenvalue weighted by molar-refractivity contribution is 5.69. The van der Waals surface area contributed by atoms with Gasteiger partial charge in [-0.05, 0) is 18.2 Å². The van der Waals surface area contributed by atoms with E-state index in [9.17, 15) is 9.50 Å². The molecule has 0 aliphatic rings. The largest absolute Gasteiger partial charge is 0.507 e. The molecule has 6 nitrogen and oxygen atoms in total. The first-order valence-corrected chi connectivity index (χ1v) is 6.54. The Morgan fingerprint density at radius 1 is 1.09 bits per heavy atom. The maximum atomic E-state index is 13.0. The molecule has 0 atom stereocenters. The highest BCUT2D eigenvalue weighted by atomic mass is 19.1. The van der Waals surface area contributed by atoms with Crippen molar-refractivity contribution in [1.29, 1.82) is 0 Å². The molecule has 0 aliphatic heterocycles. The van der Waals surface area contributed by atoms with Crippen molar-refractivity contribution in [3.8, 4) is 17.1 Å². The predicted molar refractivity (Wildman–Crippen MR) is 78.4 cm³/mol. The van der Waals surface area contributed by atoms with Crippen LogP contribution in [0.15, 0.2) is 48.9 Å². The molecular formula is C15H12FN5O. The number of anilines is 1. The molecule has 2 heterocycles. The Morgan fingerprint density at radius 3 is 2.77 bits per heavy atom. The first-order valence-electron chi connectivity index (χ1n) is 6.54. The van der Waals surface area contributed by atoms with E-state index in [1.54, 1.807) is 18.5 Å². The van der Waals surface area contributed by atoms with E-state index in [1.165, 1.54) is 18.3 Å². The normalized spacial score (nSPS) is 10.4. The molecule has 0 fully saturated rings. The standard InChI is InChI=1S/C15H12FN5O/c16-11-4-3-10(13(22)8-11)9-19-14-12(2-1-5-17-14)15-18-6-7-20-21-15/h1-8,22H,9H2,(H,17,19). The molecule has 110 valence electrons. The smallest absolute Gasteiger partial charge is 0.185 e. The van der Waals surface area contributed by atoms with Crippen LogP contribution in [-0.2, 0) is 6.54 Å². The molecule has 0 bridgehead atoms. The Morgan fingerprint density at radius 2 is 2.00 bits per heavy atom. The number of benzene rings is 1. The van der Waals surface area contributed by atoms with Gasteiger partial charge >= 0.3 is 0 Å². The quantitative estimate of drug-likeness (QED) is 0.769. The highest BCUT2D eigenvalue weighted by Gasteiger charge is 2.10. The molecule has 0 saturated carbocycles. The van der Waals surface area contributed by atoms with Crippen LogP contribution in [0.1, 0.15) is 5.56 Å². The minimum atomic E-state index is -0.483. The van der Waals surface area contributed by atoms with Crippen molar-refractivity contribution in [3.63, 3.8) is 0 Å². The number of hydrogen-bond acceptors (Lipinski definition) is 6. The van der Waals surface area contributed by atoms with E-state index >= 15 is 0 Å². The van der Waals surface area contributed by atoms with Crippen LogP contribution >= 0.6 is 0 Å². The van der Waals surface area contributed by atoms with Gasteiger partial charge in [-0.2, -0.15) is 5.10 Å². The van der Waals surface area contributed by atoms with Crippen molar-refractivity contribution < 1.29 is 9.50 Å². The summed E-state index contributed by atoms with van der Waals surface area (Å²) in [7, 11) is 0. The Labute approximate surface area is 125 Å². The third-order valence-electron chi connectivity index (χ3n) is 3.02. The number of phenols is 1. The molecular weight excluding hydrogens is 285 g/mol. The molecule has 0 spiro atoms. The van der Waals surface area contributed by atoms with Gasteiger partial charge in [0.2, 0.25) is 0 Å². The second kappa shape index (κ2) is 6.13. The Balaban J connectivity index is 1.84. The molecule has 1 aromatic carbocycles.